The van der Waals surface area contributed by atoms with Crippen LogP contribution in [0.5, 0.6) is 0 Å². The zero-order valence-corrected chi connectivity index (χ0v) is 19.4. The van der Waals surface area contributed by atoms with Gasteiger partial charge in [-0.15, -0.1) is 11.3 Å². The molecule has 4 rings (SSSR count). The lowest BCUT2D eigenvalue weighted by Gasteiger charge is -2.31. The van der Waals surface area contributed by atoms with E-state index in [-0.39, 0.29) is 30.1 Å². The van der Waals surface area contributed by atoms with E-state index in [2.05, 4.69) is 10.6 Å². The van der Waals surface area contributed by atoms with Crippen molar-refractivity contribution in [2.75, 3.05) is 31.5 Å². The van der Waals surface area contributed by atoms with Crippen molar-refractivity contribution in [2.24, 2.45) is 5.92 Å². The van der Waals surface area contributed by atoms with Gasteiger partial charge in [0.15, 0.2) is 5.78 Å². The number of fused-ring (bicyclic) bond motifs is 1. The Morgan fingerprint density at radius 2 is 1.88 bits per heavy atom. The fraction of sp³-hybridized carbons (Fsp3) is 0.480. The van der Waals surface area contributed by atoms with Crippen LogP contribution in [0.25, 0.3) is 0 Å². The number of carbonyl (C=O) groups is 3. The fourth-order valence-electron chi connectivity index (χ4n) is 4.73. The van der Waals surface area contributed by atoms with Crippen LogP contribution in [-0.4, -0.2) is 48.7 Å². The minimum Gasteiger partial charge on any atom is -0.356 e. The highest BCUT2D eigenvalue weighted by Crippen LogP contribution is 2.39. The van der Waals surface area contributed by atoms with Crippen LogP contribution in [0.3, 0.4) is 0 Å². The molecule has 2 heterocycles. The number of benzene rings is 1. The summed E-state index contributed by atoms with van der Waals surface area (Å²) in [6.07, 6.45) is 5.80. The number of thiophene rings is 1. The maximum absolute atomic E-state index is 13.4. The quantitative estimate of drug-likeness (QED) is 0.628. The Kier molecular flexibility index (Phi) is 7.37. The molecule has 0 radical (unpaired) electrons. The number of anilines is 1. The zero-order chi connectivity index (χ0) is 22.5. The van der Waals surface area contributed by atoms with Gasteiger partial charge in [-0.2, -0.15) is 0 Å². The molecule has 1 aromatic carbocycles. The lowest BCUT2D eigenvalue weighted by molar-refractivity contribution is -0.127. The van der Waals surface area contributed by atoms with Gasteiger partial charge in [-0.25, -0.2) is 0 Å². The number of piperidine rings is 1. The van der Waals surface area contributed by atoms with E-state index in [1.54, 1.807) is 11.3 Å². The SMILES string of the molecule is CCNC(=O)C1CCCN(CC(=O)Nc2sc3c(c2C(=O)c2ccccc2)CCCC3)C1. The van der Waals surface area contributed by atoms with E-state index in [1.165, 1.54) is 4.88 Å². The molecule has 1 atom stereocenters. The highest BCUT2D eigenvalue weighted by molar-refractivity contribution is 7.17. The first kappa shape index (κ1) is 22.7. The van der Waals surface area contributed by atoms with E-state index in [1.807, 2.05) is 42.2 Å². The Bertz CT molecular complexity index is 986. The normalized spacial score (nSPS) is 18.6. The maximum atomic E-state index is 13.4. The van der Waals surface area contributed by atoms with Crippen molar-refractivity contribution < 1.29 is 14.4 Å². The second kappa shape index (κ2) is 10.4. The molecule has 32 heavy (non-hydrogen) atoms. The monoisotopic (exact) mass is 453 g/mol. The summed E-state index contributed by atoms with van der Waals surface area (Å²) >= 11 is 1.55. The highest BCUT2D eigenvalue weighted by Gasteiger charge is 2.29. The Morgan fingerprint density at radius 1 is 1.09 bits per heavy atom. The zero-order valence-electron chi connectivity index (χ0n) is 18.6. The summed E-state index contributed by atoms with van der Waals surface area (Å²) < 4.78 is 0. The first-order chi connectivity index (χ1) is 15.6. The first-order valence-electron chi connectivity index (χ1n) is 11.6. The van der Waals surface area contributed by atoms with Gasteiger partial charge in [0.25, 0.3) is 0 Å². The van der Waals surface area contributed by atoms with E-state index in [9.17, 15) is 14.4 Å². The lowest BCUT2D eigenvalue weighted by atomic mass is 9.92. The molecule has 0 saturated carbocycles. The summed E-state index contributed by atoms with van der Waals surface area (Å²) in [7, 11) is 0. The van der Waals surface area contributed by atoms with Crippen molar-refractivity contribution in [3.63, 3.8) is 0 Å². The molecule has 1 fully saturated rings. The van der Waals surface area contributed by atoms with Crippen LogP contribution < -0.4 is 10.6 Å². The number of hydrogen-bond acceptors (Lipinski definition) is 5. The number of nitrogens with one attached hydrogen (secondary N) is 2. The third kappa shape index (κ3) is 5.10. The van der Waals surface area contributed by atoms with Gasteiger partial charge < -0.3 is 10.6 Å². The molecule has 1 aliphatic carbocycles. The summed E-state index contributed by atoms with van der Waals surface area (Å²) in [5.41, 5.74) is 2.43. The lowest BCUT2D eigenvalue weighted by Crippen LogP contribution is -2.45. The molecule has 1 saturated heterocycles. The molecule has 0 spiro atoms. The third-order valence-electron chi connectivity index (χ3n) is 6.28. The van der Waals surface area contributed by atoms with E-state index >= 15 is 0 Å². The number of rotatable bonds is 7. The number of likely N-dealkylation sites (tertiary alicyclic amines) is 1. The molecule has 1 aromatic heterocycles. The van der Waals surface area contributed by atoms with E-state index in [0.29, 0.717) is 29.2 Å². The Balaban J connectivity index is 1.49. The summed E-state index contributed by atoms with van der Waals surface area (Å²) in [5.74, 6) is -0.142. The van der Waals surface area contributed by atoms with Gasteiger partial charge in [0, 0.05) is 23.5 Å². The third-order valence-corrected chi connectivity index (χ3v) is 7.49. The number of amides is 2. The molecule has 2 amide bonds. The smallest absolute Gasteiger partial charge is 0.239 e. The van der Waals surface area contributed by atoms with Crippen molar-refractivity contribution in [3.05, 3.63) is 51.9 Å². The van der Waals surface area contributed by atoms with Crippen LogP contribution in [0.1, 0.15) is 59.0 Å². The van der Waals surface area contributed by atoms with Gasteiger partial charge in [0.1, 0.15) is 5.00 Å². The number of carbonyl (C=O) groups excluding carboxylic acids is 3. The Labute approximate surface area is 193 Å². The van der Waals surface area contributed by atoms with Gasteiger partial charge >= 0.3 is 0 Å². The molecule has 6 nitrogen and oxygen atoms in total. The van der Waals surface area contributed by atoms with Crippen LogP contribution in [0, 0.1) is 5.92 Å². The van der Waals surface area contributed by atoms with E-state index < -0.39 is 0 Å². The van der Waals surface area contributed by atoms with Crippen LogP contribution in [0.4, 0.5) is 5.00 Å². The molecule has 170 valence electrons. The molecule has 0 bridgehead atoms. The van der Waals surface area contributed by atoms with Crippen molar-refractivity contribution in [2.45, 2.75) is 45.4 Å². The van der Waals surface area contributed by atoms with Crippen LogP contribution >= 0.6 is 11.3 Å². The highest BCUT2D eigenvalue weighted by atomic mass is 32.1. The topological polar surface area (TPSA) is 78.5 Å². The standard InChI is InChI=1S/C25H31N3O3S/c1-2-26-24(31)18-11-8-14-28(15-18)16-21(29)27-25-22(19-12-6-7-13-20(19)32-25)23(30)17-9-4-3-5-10-17/h3-5,9-10,18H,2,6-8,11-16H2,1H3,(H,26,31)(H,27,29). The molecule has 7 heteroatoms. The van der Waals surface area contributed by atoms with Crippen molar-refractivity contribution >= 4 is 33.9 Å². The van der Waals surface area contributed by atoms with Gasteiger partial charge in [-0.3, -0.25) is 19.3 Å². The van der Waals surface area contributed by atoms with Crippen molar-refractivity contribution in [1.82, 2.24) is 10.2 Å². The Morgan fingerprint density at radius 3 is 2.66 bits per heavy atom. The van der Waals surface area contributed by atoms with Gasteiger partial charge in [0.05, 0.1) is 18.0 Å². The van der Waals surface area contributed by atoms with Crippen molar-refractivity contribution in [3.8, 4) is 0 Å². The summed E-state index contributed by atoms with van der Waals surface area (Å²) in [4.78, 5) is 41.8. The first-order valence-corrected chi connectivity index (χ1v) is 12.4. The second-order valence-electron chi connectivity index (χ2n) is 8.63. The molecule has 2 N–H and O–H groups in total. The van der Waals surface area contributed by atoms with E-state index in [4.69, 9.17) is 0 Å². The van der Waals surface area contributed by atoms with Gasteiger partial charge in [0.2, 0.25) is 11.8 Å². The fourth-order valence-corrected chi connectivity index (χ4v) is 6.03. The average Bonchev–Trinajstić information content (AvgIpc) is 3.17. The molecule has 2 aromatic rings. The molecule has 1 aliphatic heterocycles. The predicted molar refractivity (Wildman–Crippen MR) is 127 cm³/mol. The number of hydrogen-bond donors (Lipinski definition) is 2. The number of ketones is 1. The number of nitrogens with zero attached hydrogens (tertiary/aromatic N) is 1. The Hall–Kier alpha value is -2.51. The predicted octanol–water partition coefficient (Wildman–Crippen LogP) is 3.64. The van der Waals surface area contributed by atoms with Gasteiger partial charge in [-0.1, -0.05) is 30.3 Å². The number of aryl methyl sites for hydroxylation is 1. The summed E-state index contributed by atoms with van der Waals surface area (Å²) in [5, 5.41) is 6.62. The van der Waals surface area contributed by atoms with Crippen LogP contribution in [0.2, 0.25) is 0 Å². The average molecular weight is 454 g/mol. The second-order valence-corrected chi connectivity index (χ2v) is 9.73. The minimum atomic E-state index is -0.123. The molecular weight excluding hydrogens is 422 g/mol. The van der Waals surface area contributed by atoms with Gasteiger partial charge in [-0.05, 0) is 57.6 Å². The molecule has 1 unspecified atom stereocenters. The van der Waals surface area contributed by atoms with Crippen molar-refractivity contribution in [1.29, 1.82) is 0 Å². The largest absolute Gasteiger partial charge is 0.356 e. The molecular formula is C25H31N3O3S. The minimum absolute atomic E-state index is 0.0189. The summed E-state index contributed by atoms with van der Waals surface area (Å²) in [6, 6.07) is 9.29. The molecule has 2 aliphatic rings. The summed E-state index contributed by atoms with van der Waals surface area (Å²) in [6.45, 7) is 4.17. The maximum Gasteiger partial charge on any atom is 0.239 e. The van der Waals surface area contributed by atoms with Crippen LogP contribution in [0.15, 0.2) is 30.3 Å². The van der Waals surface area contributed by atoms with E-state index in [0.717, 1.165) is 50.6 Å². The van der Waals surface area contributed by atoms with Crippen LogP contribution in [-0.2, 0) is 22.4 Å².